The summed E-state index contributed by atoms with van der Waals surface area (Å²) in [5.74, 6) is 0.339. The van der Waals surface area contributed by atoms with E-state index >= 15 is 0 Å². The molecule has 2 rings (SSSR count). The quantitative estimate of drug-likeness (QED) is 0.796. The van der Waals surface area contributed by atoms with E-state index in [1.165, 1.54) is 0 Å². The van der Waals surface area contributed by atoms with E-state index in [1.54, 1.807) is 6.07 Å². The monoisotopic (exact) mass is 249 g/mol. The largest absolute Gasteiger partial charge is 0.380 e. The third-order valence-electron chi connectivity index (χ3n) is 2.37. The van der Waals surface area contributed by atoms with Crippen molar-refractivity contribution in [3.05, 3.63) is 34.5 Å². The van der Waals surface area contributed by atoms with Crippen molar-refractivity contribution in [3.8, 4) is 0 Å². The number of nitrogen functional groups attached to an aromatic ring is 1. The Morgan fingerprint density at radius 1 is 1.29 bits per heavy atom. The first-order valence-electron chi connectivity index (χ1n) is 5.06. The van der Waals surface area contributed by atoms with Crippen LogP contribution in [0.15, 0.2) is 28.4 Å². The van der Waals surface area contributed by atoms with E-state index in [0.29, 0.717) is 16.5 Å². The van der Waals surface area contributed by atoms with Gasteiger partial charge in [-0.25, -0.2) is 0 Å². The lowest BCUT2D eigenvalue weighted by Gasteiger charge is -1.98. The summed E-state index contributed by atoms with van der Waals surface area (Å²) in [7, 11) is 0. The average molecular weight is 250 g/mol. The summed E-state index contributed by atoms with van der Waals surface area (Å²) < 4.78 is 0. The topological polar surface area (TPSA) is 79.4 Å². The zero-order chi connectivity index (χ0) is 12.4. The molecule has 0 aliphatic heterocycles. The van der Waals surface area contributed by atoms with Crippen molar-refractivity contribution in [2.75, 3.05) is 5.73 Å². The highest BCUT2D eigenvalue weighted by Crippen LogP contribution is 2.28. The Bertz CT molecular complexity index is 554. The molecule has 6 heteroatoms. The number of anilines is 1. The van der Waals surface area contributed by atoms with E-state index in [0.717, 1.165) is 16.9 Å². The molecule has 0 saturated carbocycles. The predicted octanol–water partition coefficient (Wildman–Crippen LogP) is 3.68. The number of H-pyrrole nitrogens is 1. The fourth-order valence-electron chi connectivity index (χ4n) is 1.36. The second-order valence-corrected chi connectivity index (χ2v) is 4.15. The second-order valence-electron chi connectivity index (χ2n) is 3.71. The molecule has 0 amide bonds. The number of nitrogens with two attached hydrogens (primary N) is 1. The van der Waals surface area contributed by atoms with Crippen LogP contribution in [0.1, 0.15) is 11.3 Å². The molecule has 0 spiro atoms. The molecule has 0 atom stereocenters. The van der Waals surface area contributed by atoms with Crippen molar-refractivity contribution in [1.82, 2.24) is 10.2 Å². The third kappa shape index (κ3) is 2.45. The van der Waals surface area contributed by atoms with Crippen LogP contribution in [0.4, 0.5) is 17.2 Å². The molecule has 0 saturated heterocycles. The fourth-order valence-corrected chi connectivity index (χ4v) is 1.53. The molecule has 1 aromatic heterocycles. The number of hydrogen-bond donors (Lipinski definition) is 2. The van der Waals surface area contributed by atoms with Gasteiger partial charge in [0.2, 0.25) is 0 Å². The van der Waals surface area contributed by atoms with Gasteiger partial charge in [-0.15, -0.1) is 5.11 Å². The molecule has 2 aromatic rings. The van der Waals surface area contributed by atoms with E-state index < -0.39 is 0 Å². The summed E-state index contributed by atoms with van der Waals surface area (Å²) in [5.41, 5.74) is 8.71. The minimum Gasteiger partial charge on any atom is -0.380 e. The number of aromatic nitrogens is 2. The van der Waals surface area contributed by atoms with Crippen molar-refractivity contribution in [3.63, 3.8) is 0 Å². The maximum atomic E-state index is 5.90. The third-order valence-corrected chi connectivity index (χ3v) is 2.61. The van der Waals surface area contributed by atoms with Crippen LogP contribution in [-0.2, 0) is 0 Å². The molecule has 5 nitrogen and oxygen atoms in total. The smallest absolute Gasteiger partial charge is 0.173 e. The lowest BCUT2D eigenvalue weighted by atomic mass is 10.2. The van der Waals surface area contributed by atoms with Crippen LogP contribution in [-0.4, -0.2) is 10.2 Å². The normalized spacial score (nSPS) is 11.2. The van der Waals surface area contributed by atoms with E-state index in [-0.39, 0.29) is 0 Å². The molecule has 0 aliphatic rings. The summed E-state index contributed by atoms with van der Waals surface area (Å²) in [4.78, 5) is 0. The predicted molar refractivity (Wildman–Crippen MR) is 68.1 cm³/mol. The van der Waals surface area contributed by atoms with Crippen LogP contribution in [0.3, 0.4) is 0 Å². The Kier molecular flexibility index (Phi) is 3.10. The number of halogens is 1. The molecule has 17 heavy (non-hydrogen) atoms. The number of hydrogen-bond acceptors (Lipinski definition) is 4. The molecule has 1 heterocycles. The van der Waals surface area contributed by atoms with Gasteiger partial charge >= 0.3 is 0 Å². The summed E-state index contributed by atoms with van der Waals surface area (Å²) in [6, 6.07) is 5.46. The standard InChI is InChI=1S/C11H12ClN5/c1-6-3-4-8(12)5-9(6)15-16-10-7(2)14-17-11(10)13/h3-5H,1-2H3,(H3,13,14,17). The Labute approximate surface area is 104 Å². The molecule has 3 N–H and O–H groups in total. The maximum Gasteiger partial charge on any atom is 0.173 e. The van der Waals surface area contributed by atoms with Gasteiger partial charge < -0.3 is 5.73 Å². The van der Waals surface area contributed by atoms with Gasteiger partial charge in [0.1, 0.15) is 5.69 Å². The van der Waals surface area contributed by atoms with E-state index in [4.69, 9.17) is 17.3 Å². The van der Waals surface area contributed by atoms with Gasteiger partial charge in [-0.2, -0.15) is 10.2 Å². The minimum atomic E-state index is 0.339. The van der Waals surface area contributed by atoms with Crippen LogP contribution in [0, 0.1) is 13.8 Å². The zero-order valence-electron chi connectivity index (χ0n) is 9.53. The fraction of sp³-hybridized carbons (Fsp3) is 0.182. The first-order chi connectivity index (χ1) is 8.08. The SMILES string of the molecule is Cc1ccc(Cl)cc1N=Nc1c(N)n[nH]c1C. The lowest BCUT2D eigenvalue weighted by Crippen LogP contribution is -1.83. The van der Waals surface area contributed by atoms with Crippen molar-refractivity contribution in [1.29, 1.82) is 0 Å². The highest BCUT2D eigenvalue weighted by Gasteiger charge is 2.06. The summed E-state index contributed by atoms with van der Waals surface area (Å²) >= 11 is 5.90. The average Bonchev–Trinajstić information content (AvgIpc) is 2.61. The van der Waals surface area contributed by atoms with Crippen LogP contribution in [0.25, 0.3) is 0 Å². The molecule has 1 aromatic carbocycles. The highest BCUT2D eigenvalue weighted by molar-refractivity contribution is 6.30. The maximum absolute atomic E-state index is 5.90. The van der Waals surface area contributed by atoms with Gasteiger partial charge in [0.05, 0.1) is 11.4 Å². The number of aromatic amines is 1. The molecule has 88 valence electrons. The zero-order valence-corrected chi connectivity index (χ0v) is 10.3. The van der Waals surface area contributed by atoms with Crippen molar-refractivity contribution in [2.45, 2.75) is 13.8 Å². The summed E-state index contributed by atoms with van der Waals surface area (Å²) in [6.07, 6.45) is 0. The van der Waals surface area contributed by atoms with Crippen LogP contribution >= 0.6 is 11.6 Å². The Hall–Kier alpha value is -1.88. The summed E-state index contributed by atoms with van der Waals surface area (Å²) in [6.45, 7) is 3.78. The number of aryl methyl sites for hydroxylation is 2. The molecule has 0 fully saturated rings. The van der Waals surface area contributed by atoms with Crippen molar-refractivity contribution < 1.29 is 0 Å². The van der Waals surface area contributed by atoms with E-state index in [1.807, 2.05) is 26.0 Å². The Balaban J connectivity index is 2.35. The van der Waals surface area contributed by atoms with E-state index in [2.05, 4.69) is 20.4 Å². The van der Waals surface area contributed by atoms with Gasteiger partial charge in [-0.1, -0.05) is 17.7 Å². The second kappa shape index (κ2) is 4.55. The number of azo groups is 1. The molecule has 0 aliphatic carbocycles. The number of nitrogens with one attached hydrogen (secondary N) is 1. The number of nitrogens with zero attached hydrogens (tertiary/aromatic N) is 3. The van der Waals surface area contributed by atoms with Crippen LogP contribution in [0.5, 0.6) is 0 Å². The summed E-state index contributed by atoms with van der Waals surface area (Å²) in [5, 5.41) is 15.4. The van der Waals surface area contributed by atoms with Gasteiger partial charge in [0.25, 0.3) is 0 Å². The molecule has 0 unspecified atom stereocenters. The van der Waals surface area contributed by atoms with Gasteiger partial charge in [-0.3, -0.25) is 5.10 Å². The molecule has 0 bridgehead atoms. The Morgan fingerprint density at radius 3 is 2.71 bits per heavy atom. The van der Waals surface area contributed by atoms with Crippen LogP contribution < -0.4 is 5.73 Å². The number of rotatable bonds is 2. The van der Waals surface area contributed by atoms with Gasteiger partial charge in [0.15, 0.2) is 5.82 Å². The van der Waals surface area contributed by atoms with E-state index in [9.17, 15) is 0 Å². The minimum absolute atomic E-state index is 0.339. The molecule has 0 radical (unpaired) electrons. The van der Waals surface area contributed by atoms with Gasteiger partial charge in [-0.05, 0) is 31.5 Å². The van der Waals surface area contributed by atoms with Crippen molar-refractivity contribution in [2.24, 2.45) is 10.2 Å². The van der Waals surface area contributed by atoms with Gasteiger partial charge in [0, 0.05) is 5.02 Å². The lowest BCUT2D eigenvalue weighted by molar-refractivity contribution is 1.05. The molecular formula is C11H12ClN5. The van der Waals surface area contributed by atoms with Crippen molar-refractivity contribution >= 4 is 28.8 Å². The molecular weight excluding hydrogens is 238 g/mol. The van der Waals surface area contributed by atoms with Crippen LogP contribution in [0.2, 0.25) is 5.02 Å². The Morgan fingerprint density at radius 2 is 2.06 bits per heavy atom. The number of benzene rings is 1. The first kappa shape index (κ1) is 11.6. The highest BCUT2D eigenvalue weighted by atomic mass is 35.5. The first-order valence-corrected chi connectivity index (χ1v) is 5.44.